The number of halogens is 2. The van der Waals surface area contributed by atoms with E-state index in [-0.39, 0.29) is 17.2 Å². The maximum atomic E-state index is 12.3. The van der Waals surface area contributed by atoms with Crippen molar-refractivity contribution in [3.63, 3.8) is 0 Å². The van der Waals surface area contributed by atoms with Crippen molar-refractivity contribution in [1.82, 2.24) is 20.2 Å². The summed E-state index contributed by atoms with van der Waals surface area (Å²) in [5, 5.41) is 12.4. The van der Waals surface area contributed by atoms with Gasteiger partial charge in [-0.1, -0.05) is 47.8 Å². The maximum absolute atomic E-state index is 12.3. The summed E-state index contributed by atoms with van der Waals surface area (Å²) >= 11 is 13.5. The minimum atomic E-state index is -0.324. The highest BCUT2D eigenvalue weighted by molar-refractivity contribution is 8.00. The van der Waals surface area contributed by atoms with E-state index in [2.05, 4.69) is 15.5 Å². The van der Waals surface area contributed by atoms with E-state index in [0.717, 1.165) is 12.8 Å². The summed E-state index contributed by atoms with van der Waals surface area (Å²) in [6, 6.07) is 5.34. The number of carbonyl (C=O) groups is 1. The van der Waals surface area contributed by atoms with E-state index in [9.17, 15) is 4.79 Å². The molecule has 1 amide bonds. The van der Waals surface area contributed by atoms with Gasteiger partial charge in [0.2, 0.25) is 11.1 Å². The fourth-order valence-corrected chi connectivity index (χ4v) is 3.96. The Hall–Kier alpha value is -1.44. The van der Waals surface area contributed by atoms with Gasteiger partial charge in [-0.05, 0) is 38.0 Å². The molecule has 0 radical (unpaired) electrons. The van der Waals surface area contributed by atoms with Gasteiger partial charge >= 0.3 is 0 Å². The van der Waals surface area contributed by atoms with Gasteiger partial charge in [0.1, 0.15) is 0 Å². The molecule has 0 bridgehead atoms. The number of amides is 1. The van der Waals surface area contributed by atoms with Crippen LogP contribution >= 0.6 is 35.0 Å². The SMILES string of the molecule is C[C@H](Sc1nnc(-c2cc(Cl)ccc2Cl)n1N)C(=O)NC1CCCC1. The number of nitrogens with two attached hydrogens (primary N) is 1. The van der Waals surface area contributed by atoms with E-state index in [0.29, 0.717) is 26.6 Å². The van der Waals surface area contributed by atoms with Gasteiger partial charge in [0.15, 0.2) is 5.82 Å². The van der Waals surface area contributed by atoms with Gasteiger partial charge < -0.3 is 11.2 Å². The molecule has 3 N–H and O–H groups in total. The summed E-state index contributed by atoms with van der Waals surface area (Å²) in [6.45, 7) is 1.83. The van der Waals surface area contributed by atoms with Crippen LogP contribution in [0.25, 0.3) is 11.4 Å². The predicted octanol–water partition coefficient (Wildman–Crippen LogP) is 3.51. The molecule has 9 heteroatoms. The normalized spacial score (nSPS) is 16.1. The zero-order valence-corrected chi connectivity index (χ0v) is 16.0. The van der Waals surface area contributed by atoms with Crippen LogP contribution in [0.3, 0.4) is 0 Å². The van der Waals surface area contributed by atoms with Gasteiger partial charge in [0.05, 0.1) is 10.3 Å². The minimum absolute atomic E-state index is 0.0118. The number of nitrogens with zero attached hydrogens (tertiary/aromatic N) is 3. The van der Waals surface area contributed by atoms with E-state index in [1.54, 1.807) is 18.2 Å². The van der Waals surface area contributed by atoms with Crippen LogP contribution in [-0.4, -0.2) is 32.1 Å². The quantitative estimate of drug-likeness (QED) is 0.593. The molecule has 1 fully saturated rings. The van der Waals surface area contributed by atoms with E-state index in [1.165, 1.54) is 29.3 Å². The van der Waals surface area contributed by atoms with Crippen LogP contribution in [0, 0.1) is 0 Å². The first-order chi connectivity index (χ1) is 12.0. The van der Waals surface area contributed by atoms with Crippen molar-refractivity contribution >= 4 is 40.9 Å². The van der Waals surface area contributed by atoms with Gasteiger partial charge in [-0.2, -0.15) is 0 Å². The number of hydrogen-bond donors (Lipinski definition) is 2. The average molecular weight is 400 g/mol. The third-order valence-electron chi connectivity index (χ3n) is 4.19. The van der Waals surface area contributed by atoms with E-state index in [1.807, 2.05) is 6.92 Å². The lowest BCUT2D eigenvalue weighted by molar-refractivity contribution is -0.120. The van der Waals surface area contributed by atoms with Gasteiger partial charge in [0, 0.05) is 16.6 Å². The standard InChI is InChI=1S/C16H19Cl2N5OS/c1-9(15(24)20-11-4-2-3-5-11)25-16-22-21-14(23(16)19)12-8-10(17)6-7-13(12)18/h6-9,11H,2-5,19H2,1H3,(H,20,24)/t9-/m0/s1. The topological polar surface area (TPSA) is 85.8 Å². The maximum Gasteiger partial charge on any atom is 0.233 e. The van der Waals surface area contributed by atoms with Crippen molar-refractivity contribution in [3.05, 3.63) is 28.2 Å². The predicted molar refractivity (Wildman–Crippen MR) is 101 cm³/mol. The Bertz CT molecular complexity index is 776. The Morgan fingerprint density at radius 1 is 1.36 bits per heavy atom. The molecule has 1 atom stereocenters. The molecule has 3 rings (SSSR count). The molecule has 134 valence electrons. The van der Waals surface area contributed by atoms with E-state index >= 15 is 0 Å². The summed E-state index contributed by atoms with van der Waals surface area (Å²) in [6.07, 6.45) is 4.45. The number of rotatable bonds is 5. The summed E-state index contributed by atoms with van der Waals surface area (Å²) < 4.78 is 1.33. The first-order valence-corrected chi connectivity index (χ1v) is 9.72. The van der Waals surface area contributed by atoms with Gasteiger partial charge in [0.25, 0.3) is 0 Å². The second-order valence-corrected chi connectivity index (χ2v) is 8.20. The lowest BCUT2D eigenvalue weighted by atomic mass is 10.2. The van der Waals surface area contributed by atoms with E-state index in [4.69, 9.17) is 29.0 Å². The molecular formula is C16H19Cl2N5OS. The monoisotopic (exact) mass is 399 g/mol. The number of thioether (sulfide) groups is 1. The van der Waals surface area contributed by atoms with Crippen molar-refractivity contribution in [1.29, 1.82) is 0 Å². The highest BCUT2D eigenvalue weighted by Crippen LogP contribution is 2.31. The molecule has 0 unspecified atom stereocenters. The number of benzene rings is 1. The minimum Gasteiger partial charge on any atom is -0.352 e. The molecule has 0 saturated heterocycles. The average Bonchev–Trinajstić information content (AvgIpc) is 3.21. The molecule has 1 saturated carbocycles. The van der Waals surface area contributed by atoms with Crippen molar-refractivity contribution in [3.8, 4) is 11.4 Å². The third-order valence-corrected chi connectivity index (χ3v) is 5.81. The highest BCUT2D eigenvalue weighted by atomic mass is 35.5. The first-order valence-electron chi connectivity index (χ1n) is 8.08. The number of hydrogen-bond acceptors (Lipinski definition) is 5. The van der Waals surface area contributed by atoms with Gasteiger partial charge in [-0.15, -0.1) is 10.2 Å². The summed E-state index contributed by atoms with van der Waals surface area (Å²) in [7, 11) is 0. The Morgan fingerprint density at radius 3 is 2.80 bits per heavy atom. The largest absolute Gasteiger partial charge is 0.352 e. The smallest absolute Gasteiger partial charge is 0.233 e. The van der Waals surface area contributed by atoms with Crippen molar-refractivity contribution < 1.29 is 4.79 Å². The van der Waals surface area contributed by atoms with Crippen molar-refractivity contribution in [2.45, 2.75) is 49.1 Å². The van der Waals surface area contributed by atoms with Crippen LogP contribution in [0.15, 0.2) is 23.4 Å². The third kappa shape index (κ3) is 4.22. The van der Waals surface area contributed by atoms with E-state index < -0.39 is 0 Å². The highest BCUT2D eigenvalue weighted by Gasteiger charge is 2.24. The molecule has 1 heterocycles. The molecule has 1 aliphatic rings. The number of nitrogens with one attached hydrogen (secondary N) is 1. The summed E-state index contributed by atoms with van der Waals surface area (Å²) in [5.74, 6) is 6.49. The molecule has 1 aliphatic carbocycles. The fraction of sp³-hybridized carbons (Fsp3) is 0.438. The lowest BCUT2D eigenvalue weighted by Crippen LogP contribution is -2.37. The molecule has 1 aromatic heterocycles. The van der Waals surface area contributed by atoms with Crippen LogP contribution in [0.1, 0.15) is 32.6 Å². The molecular weight excluding hydrogens is 381 g/mol. The second kappa shape index (κ2) is 7.85. The van der Waals surface area contributed by atoms with Crippen molar-refractivity contribution in [2.24, 2.45) is 0 Å². The van der Waals surface area contributed by atoms with Crippen molar-refractivity contribution in [2.75, 3.05) is 5.84 Å². The summed E-state index contributed by atoms with van der Waals surface area (Å²) in [5.41, 5.74) is 0.596. The molecule has 6 nitrogen and oxygen atoms in total. The molecule has 0 spiro atoms. The summed E-state index contributed by atoms with van der Waals surface area (Å²) in [4.78, 5) is 12.3. The van der Waals surface area contributed by atoms with Crippen LogP contribution in [0.5, 0.6) is 0 Å². The number of aromatic nitrogens is 3. The molecule has 1 aromatic carbocycles. The fourth-order valence-electron chi connectivity index (χ4n) is 2.81. The van der Waals surface area contributed by atoms with Crippen LogP contribution < -0.4 is 11.2 Å². The molecule has 2 aromatic rings. The number of nitrogen functional groups attached to an aromatic ring is 1. The van der Waals surface area contributed by atoms with Gasteiger partial charge in [-0.3, -0.25) is 4.79 Å². The zero-order valence-electron chi connectivity index (χ0n) is 13.7. The van der Waals surface area contributed by atoms with Crippen LogP contribution in [0.4, 0.5) is 0 Å². The Labute approximate surface area is 160 Å². The first kappa shape index (κ1) is 18.4. The Balaban J connectivity index is 1.72. The second-order valence-electron chi connectivity index (χ2n) is 6.05. The Kier molecular flexibility index (Phi) is 5.76. The molecule has 25 heavy (non-hydrogen) atoms. The zero-order chi connectivity index (χ0) is 18.0. The lowest BCUT2D eigenvalue weighted by Gasteiger charge is -2.15. The van der Waals surface area contributed by atoms with Crippen LogP contribution in [-0.2, 0) is 4.79 Å². The Morgan fingerprint density at radius 2 is 2.08 bits per heavy atom. The number of carbonyl (C=O) groups excluding carboxylic acids is 1. The van der Waals surface area contributed by atoms with Gasteiger partial charge in [-0.25, -0.2) is 4.68 Å². The van der Waals surface area contributed by atoms with Crippen LogP contribution in [0.2, 0.25) is 10.0 Å². The molecule has 0 aliphatic heterocycles.